The number of nitrogens with zero attached hydrogens (tertiary/aromatic N) is 3. The van der Waals surface area contributed by atoms with Crippen molar-refractivity contribution in [1.82, 2.24) is 14.8 Å². The first-order valence-electron chi connectivity index (χ1n) is 6.44. The molecule has 0 spiro atoms. The lowest BCUT2D eigenvalue weighted by Gasteiger charge is -2.06. The van der Waals surface area contributed by atoms with E-state index in [-0.39, 0.29) is 5.82 Å². The minimum atomic E-state index is -0.250. The zero-order valence-electron chi connectivity index (χ0n) is 11.1. The lowest BCUT2D eigenvalue weighted by Crippen LogP contribution is -2.04. The second-order valence-corrected chi connectivity index (χ2v) is 4.63. The van der Waals surface area contributed by atoms with Gasteiger partial charge in [0.2, 0.25) is 0 Å². The fourth-order valence-electron chi connectivity index (χ4n) is 2.13. The van der Waals surface area contributed by atoms with Crippen molar-refractivity contribution in [3.05, 3.63) is 71.8 Å². The van der Waals surface area contributed by atoms with Gasteiger partial charge in [0, 0.05) is 5.56 Å². The maximum atomic E-state index is 13.0. The average molecular weight is 267 g/mol. The molecule has 1 aromatic heterocycles. The minimum Gasteiger partial charge on any atom is -0.241 e. The van der Waals surface area contributed by atoms with Crippen LogP contribution in [-0.4, -0.2) is 14.8 Å². The van der Waals surface area contributed by atoms with Crippen molar-refractivity contribution in [2.45, 2.75) is 13.5 Å². The van der Waals surface area contributed by atoms with Crippen molar-refractivity contribution < 1.29 is 4.39 Å². The number of hydrogen-bond acceptors (Lipinski definition) is 2. The van der Waals surface area contributed by atoms with E-state index < -0.39 is 0 Å². The first-order chi connectivity index (χ1) is 9.72. The molecule has 1 heterocycles. The third-order valence-electron chi connectivity index (χ3n) is 3.06. The molecule has 0 unspecified atom stereocenters. The topological polar surface area (TPSA) is 30.7 Å². The van der Waals surface area contributed by atoms with Gasteiger partial charge < -0.3 is 0 Å². The molecule has 2 aromatic carbocycles. The zero-order valence-corrected chi connectivity index (χ0v) is 11.1. The van der Waals surface area contributed by atoms with Gasteiger partial charge in [-0.1, -0.05) is 30.3 Å². The Balaban J connectivity index is 1.98. The molecule has 3 nitrogen and oxygen atoms in total. The Labute approximate surface area is 116 Å². The number of benzene rings is 2. The third kappa shape index (κ3) is 2.59. The van der Waals surface area contributed by atoms with Gasteiger partial charge in [0.25, 0.3) is 0 Å². The van der Waals surface area contributed by atoms with E-state index in [1.165, 1.54) is 12.1 Å². The van der Waals surface area contributed by atoms with Crippen LogP contribution in [0.25, 0.3) is 11.4 Å². The highest BCUT2D eigenvalue weighted by molar-refractivity contribution is 5.55. The molecule has 0 aliphatic rings. The molecule has 0 N–H and O–H groups in total. The Morgan fingerprint density at radius 3 is 2.40 bits per heavy atom. The highest BCUT2D eigenvalue weighted by Gasteiger charge is 2.10. The molecule has 4 heteroatoms. The summed E-state index contributed by atoms with van der Waals surface area (Å²) in [5.74, 6) is 1.21. The smallest absolute Gasteiger partial charge is 0.158 e. The van der Waals surface area contributed by atoms with Crippen molar-refractivity contribution in [1.29, 1.82) is 0 Å². The first kappa shape index (κ1) is 12.5. The van der Waals surface area contributed by atoms with Crippen LogP contribution in [0.2, 0.25) is 0 Å². The largest absolute Gasteiger partial charge is 0.241 e. The summed E-state index contributed by atoms with van der Waals surface area (Å²) in [5, 5.41) is 4.42. The molecule has 0 aliphatic heterocycles. The highest BCUT2D eigenvalue weighted by Crippen LogP contribution is 2.19. The van der Waals surface area contributed by atoms with E-state index in [1.54, 1.807) is 12.1 Å². The van der Waals surface area contributed by atoms with Crippen LogP contribution in [0, 0.1) is 12.7 Å². The lowest BCUT2D eigenvalue weighted by atomic mass is 10.2. The molecule has 0 radical (unpaired) electrons. The fourth-order valence-corrected chi connectivity index (χ4v) is 2.13. The fraction of sp³-hybridized carbons (Fsp3) is 0.125. The number of hydrogen-bond donors (Lipinski definition) is 0. The minimum absolute atomic E-state index is 0.250. The first-order valence-corrected chi connectivity index (χ1v) is 6.44. The van der Waals surface area contributed by atoms with E-state index in [1.807, 2.05) is 41.9 Å². The van der Waals surface area contributed by atoms with Crippen molar-refractivity contribution in [3.8, 4) is 11.4 Å². The Morgan fingerprint density at radius 2 is 1.70 bits per heavy atom. The summed E-state index contributed by atoms with van der Waals surface area (Å²) in [6.07, 6.45) is 0. The number of halogens is 1. The van der Waals surface area contributed by atoms with Gasteiger partial charge in [0.15, 0.2) is 5.82 Å². The molecule has 20 heavy (non-hydrogen) atoms. The Morgan fingerprint density at radius 1 is 1.00 bits per heavy atom. The lowest BCUT2D eigenvalue weighted by molar-refractivity contribution is 0.627. The van der Waals surface area contributed by atoms with Crippen LogP contribution in [0.15, 0.2) is 54.6 Å². The van der Waals surface area contributed by atoms with Gasteiger partial charge in [-0.2, -0.15) is 5.10 Å². The number of rotatable bonds is 3. The van der Waals surface area contributed by atoms with Crippen molar-refractivity contribution in [3.63, 3.8) is 0 Å². The molecule has 0 bridgehead atoms. The predicted octanol–water partition coefficient (Wildman–Crippen LogP) is 3.44. The molecule has 0 amide bonds. The quantitative estimate of drug-likeness (QED) is 0.727. The van der Waals surface area contributed by atoms with Gasteiger partial charge in [0.1, 0.15) is 11.6 Å². The monoisotopic (exact) mass is 267 g/mol. The molecular weight excluding hydrogens is 253 g/mol. The SMILES string of the molecule is Cc1nc(-c2ccc(F)cc2)n(Cc2ccccc2)n1. The Hall–Kier alpha value is -2.49. The van der Waals surface area contributed by atoms with E-state index >= 15 is 0 Å². The van der Waals surface area contributed by atoms with Crippen LogP contribution in [0.1, 0.15) is 11.4 Å². The van der Waals surface area contributed by atoms with Gasteiger partial charge in [0.05, 0.1) is 6.54 Å². The van der Waals surface area contributed by atoms with Crippen LogP contribution in [0.5, 0.6) is 0 Å². The molecule has 0 fully saturated rings. The Bertz CT molecular complexity index is 702. The van der Waals surface area contributed by atoms with E-state index in [2.05, 4.69) is 10.1 Å². The predicted molar refractivity (Wildman–Crippen MR) is 75.7 cm³/mol. The molecule has 0 atom stereocenters. The summed E-state index contributed by atoms with van der Waals surface area (Å²) in [4.78, 5) is 4.44. The van der Waals surface area contributed by atoms with E-state index in [0.717, 1.165) is 17.0 Å². The second kappa shape index (κ2) is 5.25. The Kier molecular flexibility index (Phi) is 3.29. The average Bonchev–Trinajstić information content (AvgIpc) is 2.81. The van der Waals surface area contributed by atoms with Gasteiger partial charge in [-0.25, -0.2) is 14.1 Å². The van der Waals surface area contributed by atoms with Crippen LogP contribution in [0.3, 0.4) is 0 Å². The van der Waals surface area contributed by atoms with Gasteiger partial charge in [-0.05, 0) is 36.8 Å². The molecule has 3 aromatic rings. The normalized spacial score (nSPS) is 10.7. The van der Waals surface area contributed by atoms with Crippen molar-refractivity contribution in [2.75, 3.05) is 0 Å². The summed E-state index contributed by atoms with van der Waals surface area (Å²) >= 11 is 0. The molecule has 0 saturated heterocycles. The summed E-state index contributed by atoms with van der Waals surface area (Å²) in [6.45, 7) is 2.50. The van der Waals surface area contributed by atoms with Gasteiger partial charge >= 0.3 is 0 Å². The van der Waals surface area contributed by atoms with Gasteiger partial charge in [-0.3, -0.25) is 0 Å². The van der Waals surface area contributed by atoms with Crippen molar-refractivity contribution in [2.24, 2.45) is 0 Å². The summed E-state index contributed by atoms with van der Waals surface area (Å²) in [6, 6.07) is 16.4. The van der Waals surface area contributed by atoms with Crippen LogP contribution >= 0.6 is 0 Å². The summed E-state index contributed by atoms with van der Waals surface area (Å²) in [7, 11) is 0. The van der Waals surface area contributed by atoms with Crippen LogP contribution in [0.4, 0.5) is 4.39 Å². The zero-order chi connectivity index (χ0) is 13.9. The maximum Gasteiger partial charge on any atom is 0.158 e. The summed E-state index contributed by atoms with van der Waals surface area (Å²) < 4.78 is 14.9. The van der Waals surface area contributed by atoms with Crippen LogP contribution < -0.4 is 0 Å². The van der Waals surface area contributed by atoms with Crippen molar-refractivity contribution >= 4 is 0 Å². The third-order valence-corrected chi connectivity index (χ3v) is 3.06. The molecule has 100 valence electrons. The van der Waals surface area contributed by atoms with E-state index in [0.29, 0.717) is 12.4 Å². The molecule has 3 rings (SSSR count). The number of aryl methyl sites for hydroxylation is 1. The van der Waals surface area contributed by atoms with E-state index in [9.17, 15) is 4.39 Å². The molecule has 0 aliphatic carbocycles. The maximum absolute atomic E-state index is 13.0. The van der Waals surface area contributed by atoms with Crippen LogP contribution in [-0.2, 0) is 6.54 Å². The standard InChI is InChI=1S/C16H14FN3/c1-12-18-16(14-7-9-15(17)10-8-14)20(19-12)11-13-5-3-2-4-6-13/h2-10H,11H2,1H3. The summed E-state index contributed by atoms with van der Waals surface area (Å²) in [5.41, 5.74) is 2.02. The van der Waals surface area contributed by atoms with E-state index in [4.69, 9.17) is 0 Å². The molecule has 0 saturated carbocycles. The number of aromatic nitrogens is 3. The molecular formula is C16H14FN3. The van der Waals surface area contributed by atoms with Gasteiger partial charge in [-0.15, -0.1) is 0 Å². The highest BCUT2D eigenvalue weighted by atomic mass is 19.1. The second-order valence-electron chi connectivity index (χ2n) is 4.63.